The first kappa shape index (κ1) is 12.3. The van der Waals surface area contributed by atoms with Gasteiger partial charge in [0.2, 0.25) is 5.91 Å². The quantitative estimate of drug-likeness (QED) is 0.885. The van der Waals surface area contributed by atoms with Gasteiger partial charge in [0, 0.05) is 11.9 Å². The van der Waals surface area contributed by atoms with Crippen LogP contribution in [-0.4, -0.2) is 15.9 Å². The van der Waals surface area contributed by atoms with Crippen LogP contribution in [0.3, 0.4) is 0 Å². The number of nitrogen functional groups attached to an aromatic ring is 1. The zero-order chi connectivity index (χ0) is 13.0. The van der Waals surface area contributed by atoms with E-state index in [1.165, 1.54) is 6.20 Å². The summed E-state index contributed by atoms with van der Waals surface area (Å²) in [5.41, 5.74) is 6.71. The number of carbonyl (C=O) groups is 1. The zero-order valence-corrected chi connectivity index (χ0v) is 10.2. The van der Waals surface area contributed by atoms with Gasteiger partial charge in [-0.3, -0.25) is 9.78 Å². The number of aromatic nitrogens is 2. The van der Waals surface area contributed by atoms with E-state index in [-0.39, 0.29) is 12.3 Å². The van der Waals surface area contributed by atoms with Crippen molar-refractivity contribution in [2.45, 2.75) is 6.42 Å². The minimum atomic E-state index is -0.229. The lowest BCUT2D eigenvalue weighted by molar-refractivity contribution is -0.115. The van der Waals surface area contributed by atoms with E-state index >= 15 is 0 Å². The van der Waals surface area contributed by atoms with Gasteiger partial charge < -0.3 is 11.1 Å². The molecule has 2 aromatic rings. The van der Waals surface area contributed by atoms with Crippen LogP contribution in [0.15, 0.2) is 36.7 Å². The standard InChI is InChI=1S/C12H11ClN4O/c13-10-2-1-5-15-12(10)17-11(18)6-9-4-3-8(14)7-16-9/h1-5,7H,6,14H2,(H,15,17,18). The lowest BCUT2D eigenvalue weighted by Gasteiger charge is -2.05. The number of amides is 1. The third-order valence-electron chi connectivity index (χ3n) is 2.21. The first-order valence-corrected chi connectivity index (χ1v) is 5.64. The Balaban J connectivity index is 2.01. The lowest BCUT2D eigenvalue weighted by atomic mass is 10.2. The smallest absolute Gasteiger partial charge is 0.231 e. The van der Waals surface area contributed by atoms with Crippen molar-refractivity contribution in [3.8, 4) is 0 Å². The van der Waals surface area contributed by atoms with Crippen LogP contribution >= 0.6 is 11.6 Å². The molecule has 0 aromatic carbocycles. The molecular weight excluding hydrogens is 252 g/mol. The van der Waals surface area contributed by atoms with E-state index in [2.05, 4.69) is 15.3 Å². The normalized spacial score (nSPS) is 10.1. The van der Waals surface area contributed by atoms with Gasteiger partial charge in [0.05, 0.1) is 23.3 Å². The molecule has 2 heterocycles. The van der Waals surface area contributed by atoms with Crippen molar-refractivity contribution in [3.05, 3.63) is 47.4 Å². The average Bonchev–Trinajstić information content (AvgIpc) is 2.35. The number of carbonyl (C=O) groups excluding carboxylic acids is 1. The molecule has 0 saturated heterocycles. The number of hydrogen-bond acceptors (Lipinski definition) is 4. The molecule has 0 unspecified atom stereocenters. The Morgan fingerprint density at radius 2 is 2.17 bits per heavy atom. The number of nitrogens with one attached hydrogen (secondary N) is 1. The summed E-state index contributed by atoms with van der Waals surface area (Å²) in [5.74, 6) is 0.118. The van der Waals surface area contributed by atoms with Gasteiger partial charge in [-0.2, -0.15) is 0 Å². The van der Waals surface area contributed by atoms with Crippen molar-refractivity contribution in [2.24, 2.45) is 0 Å². The van der Waals surface area contributed by atoms with Crippen molar-refractivity contribution >= 4 is 29.0 Å². The molecule has 6 heteroatoms. The Labute approximate surface area is 109 Å². The third-order valence-corrected chi connectivity index (χ3v) is 2.51. The van der Waals surface area contributed by atoms with Gasteiger partial charge >= 0.3 is 0 Å². The molecule has 0 radical (unpaired) electrons. The Morgan fingerprint density at radius 3 is 2.83 bits per heavy atom. The first-order valence-electron chi connectivity index (χ1n) is 5.26. The first-order chi connectivity index (χ1) is 8.65. The molecule has 0 fully saturated rings. The molecular formula is C12H11ClN4O. The van der Waals surface area contributed by atoms with Crippen molar-refractivity contribution in [1.82, 2.24) is 9.97 Å². The maximum Gasteiger partial charge on any atom is 0.231 e. The van der Waals surface area contributed by atoms with Gasteiger partial charge in [-0.1, -0.05) is 11.6 Å². The largest absolute Gasteiger partial charge is 0.397 e. The Kier molecular flexibility index (Phi) is 3.74. The molecule has 92 valence electrons. The molecule has 2 rings (SSSR count). The Bertz CT molecular complexity index is 556. The summed E-state index contributed by atoms with van der Waals surface area (Å²) in [7, 11) is 0. The molecule has 0 saturated carbocycles. The summed E-state index contributed by atoms with van der Waals surface area (Å²) in [6, 6.07) is 6.75. The summed E-state index contributed by atoms with van der Waals surface area (Å²) >= 11 is 5.88. The van der Waals surface area contributed by atoms with E-state index in [1.807, 2.05) is 0 Å². The van der Waals surface area contributed by atoms with Gasteiger partial charge in [-0.25, -0.2) is 4.98 Å². The Morgan fingerprint density at radius 1 is 1.33 bits per heavy atom. The van der Waals surface area contributed by atoms with Crippen LogP contribution in [0.4, 0.5) is 11.5 Å². The number of anilines is 2. The molecule has 18 heavy (non-hydrogen) atoms. The van der Waals surface area contributed by atoms with E-state index in [1.54, 1.807) is 30.5 Å². The molecule has 2 aromatic heterocycles. The highest BCUT2D eigenvalue weighted by molar-refractivity contribution is 6.33. The fourth-order valence-electron chi connectivity index (χ4n) is 1.36. The molecule has 0 spiro atoms. The second-order valence-electron chi connectivity index (χ2n) is 3.64. The molecule has 3 N–H and O–H groups in total. The predicted molar refractivity (Wildman–Crippen MR) is 70.2 cm³/mol. The number of pyridine rings is 2. The fourth-order valence-corrected chi connectivity index (χ4v) is 1.53. The number of halogens is 1. The maximum absolute atomic E-state index is 11.7. The fraction of sp³-hybridized carbons (Fsp3) is 0.0833. The lowest BCUT2D eigenvalue weighted by Crippen LogP contribution is -2.16. The van der Waals surface area contributed by atoms with Crippen LogP contribution in [-0.2, 0) is 11.2 Å². The van der Waals surface area contributed by atoms with Crippen LogP contribution < -0.4 is 11.1 Å². The zero-order valence-electron chi connectivity index (χ0n) is 9.43. The number of nitrogens with zero attached hydrogens (tertiary/aromatic N) is 2. The van der Waals surface area contributed by atoms with Gasteiger partial charge in [-0.05, 0) is 24.3 Å². The monoisotopic (exact) mass is 262 g/mol. The van der Waals surface area contributed by atoms with E-state index in [0.717, 1.165) is 0 Å². The van der Waals surface area contributed by atoms with E-state index in [9.17, 15) is 4.79 Å². The van der Waals surface area contributed by atoms with Crippen LogP contribution in [0.1, 0.15) is 5.69 Å². The Hall–Kier alpha value is -2.14. The topological polar surface area (TPSA) is 80.9 Å². The van der Waals surface area contributed by atoms with Crippen LogP contribution in [0.2, 0.25) is 5.02 Å². The molecule has 0 bridgehead atoms. The molecule has 0 aliphatic carbocycles. The summed E-state index contributed by atoms with van der Waals surface area (Å²) in [5, 5.41) is 3.02. The molecule has 1 amide bonds. The van der Waals surface area contributed by atoms with E-state index in [0.29, 0.717) is 22.2 Å². The number of hydrogen-bond donors (Lipinski definition) is 2. The van der Waals surface area contributed by atoms with Crippen molar-refractivity contribution in [1.29, 1.82) is 0 Å². The van der Waals surface area contributed by atoms with Crippen LogP contribution in [0.25, 0.3) is 0 Å². The van der Waals surface area contributed by atoms with E-state index in [4.69, 9.17) is 17.3 Å². The number of rotatable bonds is 3. The van der Waals surface area contributed by atoms with Crippen LogP contribution in [0, 0.1) is 0 Å². The van der Waals surface area contributed by atoms with Gasteiger partial charge in [0.15, 0.2) is 5.82 Å². The highest BCUT2D eigenvalue weighted by Crippen LogP contribution is 2.17. The summed E-state index contributed by atoms with van der Waals surface area (Å²) in [6.07, 6.45) is 3.21. The van der Waals surface area contributed by atoms with Crippen LogP contribution in [0.5, 0.6) is 0 Å². The van der Waals surface area contributed by atoms with Crippen molar-refractivity contribution < 1.29 is 4.79 Å². The minimum absolute atomic E-state index is 0.146. The molecule has 5 nitrogen and oxygen atoms in total. The molecule has 0 aliphatic rings. The summed E-state index contributed by atoms with van der Waals surface area (Å²) in [6.45, 7) is 0. The van der Waals surface area contributed by atoms with E-state index < -0.39 is 0 Å². The SMILES string of the molecule is Nc1ccc(CC(=O)Nc2ncccc2Cl)nc1. The average molecular weight is 263 g/mol. The summed E-state index contributed by atoms with van der Waals surface area (Å²) < 4.78 is 0. The predicted octanol–water partition coefficient (Wildman–Crippen LogP) is 1.89. The summed E-state index contributed by atoms with van der Waals surface area (Å²) in [4.78, 5) is 19.8. The molecule has 0 atom stereocenters. The maximum atomic E-state index is 11.7. The van der Waals surface area contributed by atoms with Crippen molar-refractivity contribution in [2.75, 3.05) is 11.1 Å². The third kappa shape index (κ3) is 3.18. The van der Waals surface area contributed by atoms with Gasteiger partial charge in [0.25, 0.3) is 0 Å². The van der Waals surface area contributed by atoms with Crippen molar-refractivity contribution in [3.63, 3.8) is 0 Å². The molecule has 0 aliphatic heterocycles. The highest BCUT2D eigenvalue weighted by atomic mass is 35.5. The number of nitrogens with two attached hydrogens (primary N) is 1. The van der Waals surface area contributed by atoms with Gasteiger partial charge in [-0.15, -0.1) is 0 Å². The second-order valence-corrected chi connectivity index (χ2v) is 4.05. The van der Waals surface area contributed by atoms with Gasteiger partial charge in [0.1, 0.15) is 0 Å². The highest BCUT2D eigenvalue weighted by Gasteiger charge is 2.08. The minimum Gasteiger partial charge on any atom is -0.397 e. The second kappa shape index (κ2) is 5.46.